The zero-order chi connectivity index (χ0) is 101. The molecule has 3 aliphatic heterocycles. The van der Waals surface area contributed by atoms with Crippen molar-refractivity contribution in [2.75, 3.05) is 91.6 Å². The molecule has 9 aromatic rings. The summed E-state index contributed by atoms with van der Waals surface area (Å²) in [5.74, 6) is -33.5. The lowest BCUT2D eigenvalue weighted by atomic mass is 10.0. The first kappa shape index (κ1) is 102. The number of fused-ring (bicyclic) bond motifs is 21. The monoisotopic (exact) mass is 2040 g/mol. The van der Waals surface area contributed by atoms with Crippen LogP contribution in [0.2, 0.25) is 0 Å². The molecule has 1 fully saturated rings. The number of nitrogens with two attached hydrogens (primary N) is 1. The summed E-state index contributed by atoms with van der Waals surface area (Å²) in [7, 11) is -5.48. The molecule has 31 nitrogen and oxygen atoms in total. The van der Waals surface area contributed by atoms with Crippen LogP contribution in [-0.2, 0) is 13.8 Å². The number of nitrogens with one attached hydrogen (secondary N) is 2. The van der Waals surface area contributed by atoms with Crippen molar-refractivity contribution in [2.45, 2.75) is 99.0 Å². The van der Waals surface area contributed by atoms with Gasteiger partial charge in [0.25, 0.3) is 0 Å². The summed E-state index contributed by atoms with van der Waals surface area (Å²) in [6.45, 7) is -38.8. The SMILES string of the molecule is Nc1ncnc2c1nc(C#Cc1ccc3c(c1)-c1nc-3nc3[nH]c(nc4nc(nc5[nH]c(n1)c1c(OCC(F)(F)F)c(OCC(F)(F)F)c(OCC(F)(F)F)c(OCC(F)(F)F)c51)-c1c(OCC(F)(F)F)c(OCC(F)(F)F)c(OCC(F)(F)F)c(OCC(F)(F)F)c1-4)c1c(OCC(F)(F)F)c(OCC(F)(F)F)c(OCC(F)(F)F)c(OCC(F)(F)F)c31)n2[C@H]1C[C@H](OP(=O)(O)O)[C@@H](CO)O1. The van der Waals surface area contributed by atoms with Crippen molar-refractivity contribution >= 4 is 68.9 Å². The molecule has 0 saturated carbocycles. The highest BCUT2D eigenvalue weighted by Gasteiger charge is 2.49. The van der Waals surface area contributed by atoms with Crippen LogP contribution in [0.3, 0.4) is 0 Å². The summed E-state index contributed by atoms with van der Waals surface area (Å²) >= 11 is 0. The first-order valence-electron chi connectivity index (χ1n) is 35.9. The predicted molar refractivity (Wildman–Crippen MR) is 373 cm³/mol. The van der Waals surface area contributed by atoms with Crippen LogP contribution in [0.15, 0.2) is 24.5 Å². The molecule has 0 aliphatic carbocycles. The van der Waals surface area contributed by atoms with Crippen molar-refractivity contribution in [3.63, 3.8) is 0 Å². The second kappa shape index (κ2) is 36.7. The van der Waals surface area contributed by atoms with Crippen LogP contribution in [0, 0.1) is 11.8 Å². The summed E-state index contributed by atoms with van der Waals surface area (Å²) in [6.07, 6.45) is -77.6. The second-order valence-corrected chi connectivity index (χ2v) is 28.8. The van der Waals surface area contributed by atoms with Gasteiger partial charge in [-0.05, 0) is 24.1 Å². The Labute approximate surface area is 723 Å². The van der Waals surface area contributed by atoms with E-state index in [0.717, 1.165) is 17.0 Å². The maximum absolute atomic E-state index is 14.9. The van der Waals surface area contributed by atoms with Crippen LogP contribution >= 0.6 is 7.82 Å². The number of aliphatic hydroxyl groups excluding tert-OH is 1. The molecule has 5 aromatic heterocycles. The van der Waals surface area contributed by atoms with E-state index in [0.29, 0.717) is 12.1 Å². The van der Waals surface area contributed by atoms with Gasteiger partial charge in [0.2, 0.25) is 34.5 Å². The standard InChI is InChI=1S/C68H42F36N13O18P/c69-57(70,71)8-122-35-28-30(37(124-10-59(75,76)77)43(130-16-65(93,94)95)41(35)128-14-63(87,88)89)52-112-50(28)110-48-22-3-1-21(2-4-26-108-34-47(105)106-20-107-56(34)117(26)27-6-24(25(7-118)134-27)135-136(119,120)121)5-23(22)49(109-48)111-51-29-31(38(125-11-60(78,79)80)44(131-17-66(96,97)98)42(129-15-64(90,91)92)36(29)123-9-58(72,73)74)53(113-51)115-55-33-32(54(114-52)116-55)39(126-12-61(81,82)83)45(132-18-67(99,100)101)46(133-19-68(102,103)104)40(33)127-13-62(84,85)86/h1,3,5,20,24-25,27,118H,6-19H2,(H2,105,106,107)(H2,119,120,121)(H2,109,110,111,112,113,114,115,116)/t24-,25+,27+/m0/s1. The number of halogens is 36. The summed E-state index contributed by atoms with van der Waals surface area (Å²) in [5, 5.41) is 2.11. The number of hydrogen-bond donors (Lipinski definition) is 6. The average molecular weight is 2040 g/mol. The van der Waals surface area contributed by atoms with Gasteiger partial charge in [-0.15, -0.1) is 0 Å². The van der Waals surface area contributed by atoms with Gasteiger partial charge < -0.3 is 92.2 Å². The van der Waals surface area contributed by atoms with Crippen LogP contribution in [0.5, 0.6) is 69.0 Å². The van der Waals surface area contributed by atoms with Crippen molar-refractivity contribution < 1.29 is 244 Å². The van der Waals surface area contributed by atoms with E-state index in [1.54, 1.807) is 0 Å². The number of alkyl halides is 36. The smallest absolute Gasteiger partial charge is 0.469 e. The zero-order valence-electron chi connectivity index (χ0n) is 65.0. The number of aromatic amines is 2. The number of benzene rings is 4. The maximum atomic E-state index is 14.9. The second-order valence-electron chi connectivity index (χ2n) is 27.6. The van der Waals surface area contributed by atoms with E-state index in [1.807, 2.05) is 9.97 Å². The lowest BCUT2D eigenvalue weighted by Crippen LogP contribution is -2.26. The van der Waals surface area contributed by atoms with Gasteiger partial charge in [0.1, 0.15) is 47.4 Å². The Morgan fingerprint density at radius 3 is 0.978 bits per heavy atom. The Morgan fingerprint density at radius 1 is 0.382 bits per heavy atom. The first-order valence-corrected chi connectivity index (χ1v) is 37.4. The number of imidazole rings is 1. The van der Waals surface area contributed by atoms with Gasteiger partial charge >= 0.3 is 81.9 Å². The van der Waals surface area contributed by atoms with Crippen molar-refractivity contribution in [1.82, 2.24) is 59.4 Å². The van der Waals surface area contributed by atoms with Crippen LogP contribution in [0.1, 0.15) is 24.0 Å². The van der Waals surface area contributed by atoms with Gasteiger partial charge in [0.05, 0.1) is 39.3 Å². The minimum Gasteiger partial charge on any atom is -0.479 e. The molecule has 744 valence electrons. The van der Waals surface area contributed by atoms with Gasteiger partial charge in [0.15, 0.2) is 160 Å². The third kappa shape index (κ3) is 25.5. The first-order chi connectivity index (χ1) is 62.3. The number of anilines is 1. The van der Waals surface area contributed by atoms with Crippen LogP contribution in [0.4, 0.5) is 164 Å². The normalized spacial score (nSPS) is 15.6. The number of aliphatic hydroxyl groups is 1. The highest BCUT2D eigenvalue weighted by Crippen LogP contribution is 2.62. The predicted octanol–water partition coefficient (Wildman–Crippen LogP) is 17.0. The lowest BCUT2D eigenvalue weighted by Gasteiger charge is -2.24. The lowest BCUT2D eigenvalue weighted by molar-refractivity contribution is -0.162. The molecule has 1 saturated heterocycles. The summed E-state index contributed by atoms with van der Waals surface area (Å²) in [6, 6.07) is 2.04. The molecule has 0 radical (unpaired) electrons. The molecule has 4 aromatic carbocycles. The van der Waals surface area contributed by atoms with Crippen molar-refractivity contribution in [2.24, 2.45) is 0 Å². The van der Waals surface area contributed by atoms with Crippen LogP contribution < -0.4 is 62.6 Å². The van der Waals surface area contributed by atoms with E-state index in [2.05, 4.69) is 85.1 Å². The van der Waals surface area contributed by atoms with E-state index in [9.17, 15) is 178 Å². The minimum atomic E-state index is -6.15. The van der Waals surface area contributed by atoms with E-state index in [4.69, 9.17) is 43.4 Å². The average Bonchev–Trinajstić information content (AvgIpc) is 1.55. The van der Waals surface area contributed by atoms with E-state index in [-0.39, 0.29) is 5.65 Å². The number of hydrogen-bond acceptors (Lipinski definition) is 26. The largest absolute Gasteiger partial charge is 0.479 e. The van der Waals surface area contributed by atoms with Crippen molar-refractivity contribution in [3.05, 3.63) is 35.9 Å². The van der Waals surface area contributed by atoms with E-state index < -0.39 is 374 Å². The third-order valence-corrected chi connectivity index (χ3v) is 17.5. The fourth-order valence-electron chi connectivity index (χ4n) is 12.5. The highest BCUT2D eigenvalue weighted by atomic mass is 31.2. The number of nitrogens with zero attached hydrogens (tertiary/aromatic N) is 10. The number of phosphoric ester groups is 1. The quantitative estimate of drug-likeness (QED) is 0.0151. The Kier molecular flexibility index (Phi) is 27.6. The Balaban J connectivity index is 1.41. The van der Waals surface area contributed by atoms with Gasteiger partial charge in [-0.3, -0.25) is 9.09 Å². The molecule has 3 aliphatic rings. The van der Waals surface area contributed by atoms with E-state index >= 15 is 0 Å². The Bertz CT molecular complexity index is 6330. The van der Waals surface area contributed by atoms with Gasteiger partial charge in [-0.2, -0.15) is 158 Å². The third-order valence-electron chi connectivity index (χ3n) is 16.9. The fourth-order valence-corrected chi connectivity index (χ4v) is 13.1. The molecular weight excluding hydrogens is 2000 g/mol. The van der Waals surface area contributed by atoms with Gasteiger partial charge in [-0.1, -0.05) is 5.92 Å². The molecule has 136 heavy (non-hydrogen) atoms. The number of aromatic nitrogens is 12. The van der Waals surface area contributed by atoms with Crippen LogP contribution in [0.25, 0.3) is 101 Å². The molecular formula is C68H42F36N13O18P. The molecule has 3 atom stereocenters. The molecule has 12 rings (SSSR count). The topological polar surface area (TPSA) is 386 Å². The highest BCUT2D eigenvalue weighted by molar-refractivity contribution is 7.46. The number of rotatable bonds is 28. The molecule has 8 heterocycles. The Hall–Kier alpha value is -12.7. The molecule has 0 unspecified atom stereocenters. The molecule has 7 N–H and O–H groups in total. The fraction of sp³-hybridized carbons (Fsp3) is 0.426. The van der Waals surface area contributed by atoms with E-state index in [1.165, 1.54) is 0 Å². The number of ether oxygens (including phenoxy) is 13. The number of nitrogen functional groups attached to an aromatic ring is 1. The van der Waals surface area contributed by atoms with Crippen molar-refractivity contribution in [3.8, 4) is 126 Å². The zero-order valence-corrected chi connectivity index (χ0v) is 65.9. The summed E-state index contributed by atoms with van der Waals surface area (Å²) in [5.41, 5.74) is -9.70. The molecule has 0 spiro atoms. The molecule has 68 heteroatoms. The summed E-state index contributed by atoms with van der Waals surface area (Å²) in [4.78, 5) is 58.6. The number of phosphoric acid groups is 1. The minimum absolute atomic E-state index is 0.377. The van der Waals surface area contributed by atoms with Gasteiger partial charge in [-0.25, -0.2) is 49.4 Å². The molecule has 0 amide bonds. The number of H-pyrrole nitrogens is 2. The van der Waals surface area contributed by atoms with Crippen LogP contribution in [-0.4, -0.2) is 246 Å². The van der Waals surface area contributed by atoms with Gasteiger partial charge in [0, 0.05) is 23.1 Å². The summed E-state index contributed by atoms with van der Waals surface area (Å²) < 4.78 is 611. The van der Waals surface area contributed by atoms with Crippen molar-refractivity contribution in [1.29, 1.82) is 0 Å². The molecule has 8 bridgehead atoms. The Morgan fingerprint density at radius 2 is 0.669 bits per heavy atom. The maximum Gasteiger partial charge on any atom is 0.469 e.